The molecule has 3 fully saturated rings. The van der Waals surface area contributed by atoms with Crippen LogP contribution in [-0.2, 0) is 0 Å². The van der Waals surface area contributed by atoms with Crippen LogP contribution in [0.5, 0.6) is 0 Å². The van der Waals surface area contributed by atoms with E-state index in [4.69, 9.17) is 0 Å². The molecule has 1 heteroatoms. The van der Waals surface area contributed by atoms with Gasteiger partial charge in [-0.2, -0.15) is 0 Å². The zero-order valence-corrected chi connectivity index (χ0v) is 9.39. The maximum absolute atomic E-state index is 3.93. The summed E-state index contributed by atoms with van der Waals surface area (Å²) >= 11 is 0. The summed E-state index contributed by atoms with van der Waals surface area (Å²) in [6.45, 7) is 2.42. The van der Waals surface area contributed by atoms with Crippen LogP contribution in [0, 0.1) is 11.8 Å². The van der Waals surface area contributed by atoms with Gasteiger partial charge in [0.2, 0.25) is 0 Å². The molecule has 3 saturated carbocycles. The first-order valence-electron chi connectivity index (χ1n) is 6.55. The van der Waals surface area contributed by atoms with Crippen LogP contribution in [0.4, 0.5) is 0 Å². The third-order valence-corrected chi connectivity index (χ3v) is 5.07. The Labute approximate surface area is 87.7 Å². The van der Waals surface area contributed by atoms with E-state index < -0.39 is 0 Å². The molecule has 0 aromatic rings. The lowest BCUT2D eigenvalue weighted by molar-refractivity contribution is 0.0444. The monoisotopic (exact) mass is 193 g/mol. The maximum Gasteiger partial charge on any atom is 0.0156 e. The van der Waals surface area contributed by atoms with E-state index in [1.54, 1.807) is 0 Å². The summed E-state index contributed by atoms with van der Waals surface area (Å²) in [6, 6.07) is 0.894. The van der Waals surface area contributed by atoms with Gasteiger partial charge in [-0.05, 0) is 50.9 Å². The Kier molecular flexibility index (Phi) is 2.12. The second-order valence-corrected chi connectivity index (χ2v) is 6.10. The molecule has 3 rings (SSSR count). The van der Waals surface area contributed by atoms with E-state index in [0.29, 0.717) is 5.54 Å². The molecule has 80 valence electrons. The van der Waals surface area contributed by atoms with E-state index in [9.17, 15) is 0 Å². The van der Waals surface area contributed by atoms with Crippen LogP contribution in [0.1, 0.15) is 58.3 Å². The molecule has 0 aliphatic heterocycles. The van der Waals surface area contributed by atoms with Gasteiger partial charge in [-0.15, -0.1) is 0 Å². The first-order valence-corrected chi connectivity index (χ1v) is 6.55. The minimum Gasteiger partial charge on any atom is -0.308 e. The average Bonchev–Trinajstić information content (AvgIpc) is 2.02. The lowest BCUT2D eigenvalue weighted by atomic mass is 9.63. The van der Waals surface area contributed by atoms with E-state index in [1.807, 2.05) is 0 Å². The van der Waals surface area contributed by atoms with Crippen molar-refractivity contribution in [1.29, 1.82) is 0 Å². The van der Waals surface area contributed by atoms with Crippen LogP contribution in [0.2, 0.25) is 0 Å². The molecule has 0 bridgehead atoms. The van der Waals surface area contributed by atoms with Gasteiger partial charge in [-0.3, -0.25) is 0 Å². The van der Waals surface area contributed by atoms with Crippen molar-refractivity contribution in [3.63, 3.8) is 0 Å². The Morgan fingerprint density at radius 3 is 2.14 bits per heavy atom. The van der Waals surface area contributed by atoms with E-state index in [1.165, 1.54) is 51.4 Å². The van der Waals surface area contributed by atoms with Crippen LogP contribution in [-0.4, -0.2) is 11.6 Å². The zero-order chi connectivity index (χ0) is 9.60. The van der Waals surface area contributed by atoms with Crippen LogP contribution >= 0.6 is 0 Å². The molecule has 0 aromatic carbocycles. The normalized spacial score (nSPS) is 40.9. The highest BCUT2D eigenvalue weighted by molar-refractivity contribution is 5.00. The molecule has 2 atom stereocenters. The fraction of sp³-hybridized carbons (Fsp3) is 1.00. The molecule has 0 heterocycles. The van der Waals surface area contributed by atoms with Crippen molar-refractivity contribution in [2.45, 2.75) is 69.9 Å². The minimum atomic E-state index is 0.535. The molecule has 0 aromatic heterocycles. The fourth-order valence-corrected chi connectivity index (χ4v) is 3.44. The van der Waals surface area contributed by atoms with Gasteiger partial charge >= 0.3 is 0 Å². The van der Waals surface area contributed by atoms with Crippen LogP contribution in [0.25, 0.3) is 0 Å². The molecule has 1 N–H and O–H groups in total. The van der Waals surface area contributed by atoms with Crippen molar-refractivity contribution in [2.24, 2.45) is 11.8 Å². The largest absolute Gasteiger partial charge is 0.308 e. The van der Waals surface area contributed by atoms with Gasteiger partial charge in [-0.1, -0.05) is 19.3 Å². The minimum absolute atomic E-state index is 0.535. The highest BCUT2D eigenvalue weighted by Crippen LogP contribution is 2.45. The summed E-state index contributed by atoms with van der Waals surface area (Å²) in [4.78, 5) is 0. The lowest BCUT2D eigenvalue weighted by Crippen LogP contribution is -2.59. The maximum atomic E-state index is 3.93. The van der Waals surface area contributed by atoms with Crippen LogP contribution in [0.15, 0.2) is 0 Å². The second kappa shape index (κ2) is 3.23. The Balaban J connectivity index is 1.52. The molecule has 0 radical (unpaired) electrons. The first kappa shape index (κ1) is 9.21. The molecule has 0 spiro atoms. The molecule has 0 amide bonds. The summed E-state index contributed by atoms with van der Waals surface area (Å²) < 4.78 is 0. The predicted octanol–water partition coefficient (Wildman–Crippen LogP) is 3.10. The van der Waals surface area contributed by atoms with Crippen molar-refractivity contribution in [2.75, 3.05) is 0 Å². The molecule has 3 aliphatic rings. The number of hydrogen-bond donors (Lipinski definition) is 1. The van der Waals surface area contributed by atoms with E-state index in [-0.39, 0.29) is 0 Å². The van der Waals surface area contributed by atoms with E-state index in [2.05, 4.69) is 12.2 Å². The lowest BCUT2D eigenvalue weighted by Gasteiger charge is -2.52. The Morgan fingerprint density at radius 1 is 1.00 bits per heavy atom. The summed E-state index contributed by atoms with van der Waals surface area (Å²) in [5, 5.41) is 3.93. The van der Waals surface area contributed by atoms with Gasteiger partial charge in [0.05, 0.1) is 0 Å². The van der Waals surface area contributed by atoms with Crippen molar-refractivity contribution in [3.05, 3.63) is 0 Å². The van der Waals surface area contributed by atoms with Gasteiger partial charge in [0.15, 0.2) is 0 Å². The van der Waals surface area contributed by atoms with Gasteiger partial charge in [0.25, 0.3) is 0 Å². The molecular weight excluding hydrogens is 170 g/mol. The van der Waals surface area contributed by atoms with Gasteiger partial charge in [0.1, 0.15) is 0 Å². The second-order valence-electron chi connectivity index (χ2n) is 6.10. The SMILES string of the molecule is CC1(NC2CCC2C2CCC2)CCC1. The van der Waals surface area contributed by atoms with Crippen molar-refractivity contribution >= 4 is 0 Å². The molecular formula is C13H23N. The summed E-state index contributed by atoms with van der Waals surface area (Å²) in [6.07, 6.45) is 11.8. The number of rotatable bonds is 3. The molecule has 0 saturated heterocycles. The first-order chi connectivity index (χ1) is 6.77. The Bertz CT molecular complexity index is 215. The van der Waals surface area contributed by atoms with Crippen molar-refractivity contribution in [1.82, 2.24) is 5.32 Å². The van der Waals surface area contributed by atoms with Crippen LogP contribution < -0.4 is 5.32 Å². The Hall–Kier alpha value is -0.0400. The standard InChI is InChI=1S/C13H23N/c1-13(8-3-9-13)14-12-7-6-11(12)10-4-2-5-10/h10-12,14H,2-9H2,1H3. The summed E-state index contributed by atoms with van der Waals surface area (Å²) in [5.74, 6) is 2.16. The van der Waals surface area contributed by atoms with Crippen molar-refractivity contribution < 1.29 is 0 Å². The highest BCUT2D eigenvalue weighted by Gasteiger charge is 2.43. The smallest absolute Gasteiger partial charge is 0.0156 e. The topological polar surface area (TPSA) is 12.0 Å². The van der Waals surface area contributed by atoms with Crippen molar-refractivity contribution in [3.8, 4) is 0 Å². The molecule has 14 heavy (non-hydrogen) atoms. The molecule has 3 aliphatic carbocycles. The third-order valence-electron chi connectivity index (χ3n) is 5.07. The zero-order valence-electron chi connectivity index (χ0n) is 9.39. The summed E-state index contributed by atoms with van der Waals surface area (Å²) in [5.41, 5.74) is 0.535. The van der Waals surface area contributed by atoms with E-state index in [0.717, 1.165) is 17.9 Å². The Morgan fingerprint density at radius 2 is 1.79 bits per heavy atom. The molecule has 2 unspecified atom stereocenters. The van der Waals surface area contributed by atoms with Gasteiger partial charge in [0, 0.05) is 11.6 Å². The number of hydrogen-bond acceptors (Lipinski definition) is 1. The number of nitrogens with one attached hydrogen (secondary N) is 1. The summed E-state index contributed by atoms with van der Waals surface area (Å²) in [7, 11) is 0. The highest BCUT2D eigenvalue weighted by atomic mass is 15.0. The van der Waals surface area contributed by atoms with Gasteiger partial charge < -0.3 is 5.32 Å². The quantitative estimate of drug-likeness (QED) is 0.726. The third kappa shape index (κ3) is 1.41. The van der Waals surface area contributed by atoms with Gasteiger partial charge in [-0.25, -0.2) is 0 Å². The fourth-order valence-electron chi connectivity index (χ4n) is 3.44. The predicted molar refractivity (Wildman–Crippen MR) is 59.2 cm³/mol. The van der Waals surface area contributed by atoms with E-state index >= 15 is 0 Å². The average molecular weight is 193 g/mol. The molecule has 1 nitrogen and oxygen atoms in total. The van der Waals surface area contributed by atoms with Crippen LogP contribution in [0.3, 0.4) is 0 Å².